The molecule has 6 nitrogen and oxygen atoms in total. The van der Waals surface area contributed by atoms with E-state index in [1.54, 1.807) is 0 Å². The molecule has 1 aliphatic heterocycles. The van der Waals surface area contributed by atoms with E-state index in [0.29, 0.717) is 11.2 Å². The number of aliphatic hydroxyl groups is 1. The van der Waals surface area contributed by atoms with Crippen LogP contribution in [0.15, 0.2) is 24.3 Å². The summed E-state index contributed by atoms with van der Waals surface area (Å²) in [7, 11) is 0. The maximum absolute atomic E-state index is 12.4. The number of carbonyl (C=O) groups is 2. The Morgan fingerprint density at radius 2 is 1.59 bits per heavy atom. The normalized spacial score (nSPS) is 37.7. The van der Waals surface area contributed by atoms with Crippen molar-refractivity contribution in [2.24, 2.45) is 17.8 Å². The van der Waals surface area contributed by atoms with E-state index in [0.717, 1.165) is 17.8 Å². The minimum absolute atomic E-state index is 0.0458. The smallest absolute Gasteiger partial charge is 0.326 e. The third-order valence-electron chi connectivity index (χ3n) is 7.75. The maximum Gasteiger partial charge on any atom is 0.326 e. The van der Waals surface area contributed by atoms with Crippen molar-refractivity contribution in [2.75, 3.05) is 13.2 Å². The molecule has 0 unspecified atom stereocenters. The fourth-order valence-electron chi connectivity index (χ4n) is 6.92. The number of carbonyl (C=O) groups excluding carboxylic acids is 1. The van der Waals surface area contributed by atoms with E-state index in [-0.39, 0.29) is 19.6 Å². The number of hydrogen-bond donors (Lipinski definition) is 2. The topological polar surface area (TPSA) is 87.1 Å². The van der Waals surface area contributed by atoms with Crippen LogP contribution in [0.25, 0.3) is 0 Å². The summed E-state index contributed by atoms with van der Waals surface area (Å²) in [6.07, 6.45) is 7.48. The van der Waals surface area contributed by atoms with Crippen molar-refractivity contribution >= 4 is 11.9 Å². The number of β-amino-alcohol motifs (C(OH)–C–C–N with tert-alkyl or cyclic N) is 1. The maximum atomic E-state index is 12.4. The highest BCUT2D eigenvalue weighted by Crippen LogP contribution is 2.60. The molecule has 4 bridgehead atoms. The van der Waals surface area contributed by atoms with Crippen LogP contribution in [0.2, 0.25) is 0 Å². The lowest BCUT2D eigenvalue weighted by atomic mass is 9.48. The van der Waals surface area contributed by atoms with Crippen molar-refractivity contribution in [3.8, 4) is 5.75 Å². The Hall–Kier alpha value is -2.08. The summed E-state index contributed by atoms with van der Waals surface area (Å²) in [5.41, 5.74) is 1.74. The molecule has 1 saturated heterocycles. The SMILES string of the molecule is O=C(O)[C@H]1C[C@@H](O)CN1C(=O)COc1ccc(C23CC4CC(CC(C4)C2)C3)cc1. The second-order valence-electron chi connectivity index (χ2n) is 9.80. The highest BCUT2D eigenvalue weighted by Gasteiger charge is 2.51. The number of amides is 1. The van der Waals surface area contributed by atoms with Gasteiger partial charge in [-0.05, 0) is 79.4 Å². The Balaban J connectivity index is 1.23. The molecule has 29 heavy (non-hydrogen) atoms. The lowest BCUT2D eigenvalue weighted by Gasteiger charge is -2.57. The first kappa shape index (κ1) is 18.9. The first-order valence-corrected chi connectivity index (χ1v) is 10.9. The van der Waals surface area contributed by atoms with Gasteiger partial charge < -0.3 is 19.8 Å². The molecule has 6 rings (SSSR count). The lowest BCUT2D eigenvalue weighted by molar-refractivity contribution is -0.148. The number of aliphatic carboxylic acids is 1. The number of rotatable bonds is 5. The summed E-state index contributed by atoms with van der Waals surface area (Å²) < 4.78 is 5.65. The van der Waals surface area contributed by atoms with Gasteiger partial charge in [0.2, 0.25) is 0 Å². The van der Waals surface area contributed by atoms with Gasteiger partial charge in [0.25, 0.3) is 5.91 Å². The Bertz CT molecular complexity index is 769. The molecule has 2 N–H and O–H groups in total. The quantitative estimate of drug-likeness (QED) is 0.795. The zero-order chi connectivity index (χ0) is 20.2. The van der Waals surface area contributed by atoms with Gasteiger partial charge in [0.1, 0.15) is 11.8 Å². The summed E-state index contributed by atoms with van der Waals surface area (Å²) in [6, 6.07) is 7.22. The van der Waals surface area contributed by atoms with Crippen molar-refractivity contribution in [3.05, 3.63) is 29.8 Å². The average Bonchev–Trinajstić information content (AvgIpc) is 3.08. The largest absolute Gasteiger partial charge is 0.484 e. The van der Waals surface area contributed by atoms with E-state index in [2.05, 4.69) is 12.1 Å². The summed E-state index contributed by atoms with van der Waals surface area (Å²) in [5.74, 6) is 1.82. The van der Waals surface area contributed by atoms with Crippen LogP contribution < -0.4 is 4.74 Å². The highest BCUT2D eigenvalue weighted by molar-refractivity contribution is 5.85. The Morgan fingerprint density at radius 3 is 2.14 bits per heavy atom. The van der Waals surface area contributed by atoms with Gasteiger partial charge in [-0.15, -0.1) is 0 Å². The van der Waals surface area contributed by atoms with E-state index in [1.165, 1.54) is 49.0 Å². The van der Waals surface area contributed by atoms with Gasteiger partial charge in [-0.1, -0.05) is 12.1 Å². The number of likely N-dealkylation sites (tertiary alicyclic amines) is 1. The summed E-state index contributed by atoms with van der Waals surface area (Å²) in [4.78, 5) is 24.9. The Labute approximate surface area is 170 Å². The molecule has 1 aromatic carbocycles. The van der Waals surface area contributed by atoms with Crippen LogP contribution >= 0.6 is 0 Å². The number of hydrogen-bond acceptors (Lipinski definition) is 4. The van der Waals surface area contributed by atoms with Crippen molar-refractivity contribution in [2.45, 2.75) is 62.5 Å². The van der Waals surface area contributed by atoms with Crippen molar-refractivity contribution in [1.82, 2.24) is 4.90 Å². The van der Waals surface area contributed by atoms with Crippen LogP contribution in [0.1, 0.15) is 50.5 Å². The van der Waals surface area contributed by atoms with E-state index in [1.807, 2.05) is 12.1 Å². The standard InChI is InChI=1S/C23H29NO5/c25-18-8-20(22(27)28)24(12-18)21(26)13-29-19-3-1-17(2-4-19)23-9-14-5-15(10-23)7-16(6-14)11-23/h1-4,14-16,18,20,25H,5-13H2,(H,27,28)/t14?,15?,16?,18-,20-,23?/m1/s1. The third-order valence-corrected chi connectivity index (χ3v) is 7.75. The van der Waals surface area contributed by atoms with E-state index < -0.39 is 24.0 Å². The van der Waals surface area contributed by atoms with Gasteiger partial charge in [0.05, 0.1) is 6.10 Å². The molecule has 4 aliphatic carbocycles. The van der Waals surface area contributed by atoms with Gasteiger partial charge in [0, 0.05) is 13.0 Å². The Kier molecular flexibility index (Phi) is 4.57. The van der Waals surface area contributed by atoms with Gasteiger partial charge in [0.15, 0.2) is 6.61 Å². The molecule has 156 valence electrons. The zero-order valence-corrected chi connectivity index (χ0v) is 16.6. The first-order valence-electron chi connectivity index (χ1n) is 10.9. The van der Waals surface area contributed by atoms with Crippen molar-refractivity contribution in [1.29, 1.82) is 0 Å². The molecule has 1 aromatic rings. The summed E-state index contributed by atoms with van der Waals surface area (Å²) in [5, 5.41) is 18.9. The molecule has 5 fully saturated rings. The average molecular weight is 399 g/mol. The molecule has 4 saturated carbocycles. The molecule has 0 aromatic heterocycles. The fraction of sp³-hybridized carbons (Fsp3) is 0.652. The minimum Gasteiger partial charge on any atom is -0.484 e. The summed E-state index contributed by atoms with van der Waals surface area (Å²) >= 11 is 0. The lowest BCUT2D eigenvalue weighted by Crippen LogP contribution is -2.48. The number of aliphatic hydroxyl groups excluding tert-OH is 1. The predicted octanol–water partition coefficient (Wildman–Crippen LogP) is 2.58. The van der Waals surface area contributed by atoms with Crippen LogP contribution in [0.3, 0.4) is 0 Å². The second-order valence-corrected chi connectivity index (χ2v) is 9.80. The van der Waals surface area contributed by atoms with Gasteiger partial charge >= 0.3 is 5.97 Å². The molecular weight excluding hydrogens is 370 g/mol. The first-order chi connectivity index (χ1) is 13.9. The van der Waals surface area contributed by atoms with Crippen molar-refractivity contribution in [3.63, 3.8) is 0 Å². The number of carboxylic acid groups (broad SMARTS) is 1. The zero-order valence-electron chi connectivity index (χ0n) is 16.6. The van der Waals surface area contributed by atoms with Crippen LogP contribution in [0.5, 0.6) is 5.75 Å². The second kappa shape index (κ2) is 7.01. The van der Waals surface area contributed by atoms with Gasteiger partial charge in [-0.25, -0.2) is 4.79 Å². The third kappa shape index (κ3) is 3.41. The molecular formula is C23H29NO5. The van der Waals surface area contributed by atoms with Crippen LogP contribution in [0.4, 0.5) is 0 Å². The van der Waals surface area contributed by atoms with Crippen LogP contribution in [-0.2, 0) is 15.0 Å². The van der Waals surface area contributed by atoms with Gasteiger partial charge in [-0.2, -0.15) is 0 Å². The molecule has 1 heterocycles. The number of carboxylic acids is 1. The molecule has 5 aliphatic rings. The number of ether oxygens (including phenoxy) is 1. The van der Waals surface area contributed by atoms with E-state index in [4.69, 9.17) is 4.74 Å². The number of nitrogens with zero attached hydrogens (tertiary/aromatic N) is 1. The van der Waals surface area contributed by atoms with E-state index >= 15 is 0 Å². The molecule has 1 amide bonds. The van der Waals surface area contributed by atoms with E-state index in [9.17, 15) is 19.8 Å². The van der Waals surface area contributed by atoms with Crippen LogP contribution in [0, 0.1) is 17.8 Å². The number of benzene rings is 1. The fourth-order valence-corrected chi connectivity index (χ4v) is 6.92. The predicted molar refractivity (Wildman–Crippen MR) is 106 cm³/mol. The molecule has 0 radical (unpaired) electrons. The Morgan fingerprint density at radius 1 is 1.00 bits per heavy atom. The molecule has 2 atom stereocenters. The minimum atomic E-state index is -1.09. The van der Waals surface area contributed by atoms with Crippen LogP contribution in [-0.4, -0.2) is 52.3 Å². The van der Waals surface area contributed by atoms with Gasteiger partial charge in [-0.3, -0.25) is 4.79 Å². The monoisotopic (exact) mass is 399 g/mol. The summed E-state index contributed by atoms with van der Waals surface area (Å²) in [6.45, 7) is -0.169. The molecule has 6 heteroatoms. The van der Waals surface area contributed by atoms with Crippen molar-refractivity contribution < 1.29 is 24.5 Å². The molecule has 0 spiro atoms. The highest BCUT2D eigenvalue weighted by atomic mass is 16.5.